The quantitative estimate of drug-likeness (QED) is 0.487. The second kappa shape index (κ2) is 5.63. The molecule has 0 aliphatic carbocycles. The molecule has 0 aromatic heterocycles. The molecule has 0 amide bonds. The number of sulfonamides is 1. The fraction of sp³-hybridized carbons (Fsp3) is 0.222. The number of nitro benzene ring substituents is 1. The molecule has 0 radical (unpaired) electrons. The molecule has 104 valence electrons. The molecule has 0 aliphatic heterocycles. The summed E-state index contributed by atoms with van der Waals surface area (Å²) in [4.78, 5) is 19.8. The number of benzene rings is 1. The lowest BCUT2D eigenvalue weighted by Crippen LogP contribution is -2.37. The number of carbonyl (C=O) groups excluding carboxylic acids is 1. The Hall–Kier alpha value is -2.20. The summed E-state index contributed by atoms with van der Waals surface area (Å²) in [5.74, 6) is -1.61. The summed E-state index contributed by atoms with van der Waals surface area (Å²) in [5.41, 5.74) is -0.289. The molecule has 0 fully saturated rings. The van der Waals surface area contributed by atoms with Crippen LogP contribution in [0.5, 0.6) is 0 Å². The number of hydrogen-bond acceptors (Lipinski definition) is 7. The largest absolute Gasteiger partial charge is 0.549 e. The van der Waals surface area contributed by atoms with Gasteiger partial charge in [0.05, 0.1) is 22.3 Å². The van der Waals surface area contributed by atoms with Gasteiger partial charge in [-0.15, -0.1) is 0 Å². The van der Waals surface area contributed by atoms with E-state index in [0.29, 0.717) is 0 Å². The summed E-state index contributed by atoms with van der Waals surface area (Å²) in [6, 6.07) is 3.17. The van der Waals surface area contributed by atoms with Crippen LogP contribution >= 0.6 is 0 Å². The van der Waals surface area contributed by atoms with E-state index in [-0.39, 0.29) is 5.69 Å². The SMILES string of the molecule is CNc1ccc(S(=O)(=O)NCC(=O)[O-])cc1[N+](=O)[O-]. The zero-order valence-electron chi connectivity index (χ0n) is 9.74. The number of nitrogens with zero attached hydrogens (tertiary/aromatic N) is 1. The Morgan fingerprint density at radius 1 is 1.42 bits per heavy atom. The van der Waals surface area contributed by atoms with E-state index < -0.39 is 38.0 Å². The summed E-state index contributed by atoms with van der Waals surface area (Å²) < 4.78 is 25.1. The lowest BCUT2D eigenvalue weighted by atomic mass is 10.3. The number of anilines is 1. The van der Waals surface area contributed by atoms with Gasteiger partial charge >= 0.3 is 0 Å². The van der Waals surface area contributed by atoms with Crippen LogP contribution in [0.4, 0.5) is 11.4 Å². The normalized spacial score (nSPS) is 11.0. The van der Waals surface area contributed by atoms with Crippen molar-refractivity contribution in [3.63, 3.8) is 0 Å². The number of hydrogen-bond donors (Lipinski definition) is 2. The third-order valence-corrected chi connectivity index (χ3v) is 3.55. The Morgan fingerprint density at radius 3 is 2.53 bits per heavy atom. The highest BCUT2D eigenvalue weighted by atomic mass is 32.2. The van der Waals surface area contributed by atoms with Crippen molar-refractivity contribution in [1.29, 1.82) is 0 Å². The van der Waals surface area contributed by atoms with Crippen molar-refractivity contribution in [2.24, 2.45) is 0 Å². The highest BCUT2D eigenvalue weighted by Gasteiger charge is 2.20. The highest BCUT2D eigenvalue weighted by molar-refractivity contribution is 7.89. The molecule has 19 heavy (non-hydrogen) atoms. The molecule has 9 nitrogen and oxygen atoms in total. The van der Waals surface area contributed by atoms with Gasteiger partial charge in [0.2, 0.25) is 10.0 Å². The summed E-state index contributed by atoms with van der Waals surface area (Å²) in [7, 11) is -2.69. The second-order valence-electron chi connectivity index (χ2n) is 3.38. The van der Waals surface area contributed by atoms with Crippen molar-refractivity contribution in [1.82, 2.24) is 4.72 Å². The molecule has 0 unspecified atom stereocenters. The molecule has 2 N–H and O–H groups in total. The van der Waals surface area contributed by atoms with Gasteiger partial charge in [-0.25, -0.2) is 13.1 Å². The maximum Gasteiger partial charge on any atom is 0.293 e. The van der Waals surface area contributed by atoms with Crippen LogP contribution in [0.15, 0.2) is 23.1 Å². The Labute approximate surface area is 108 Å². The number of nitro groups is 1. The van der Waals surface area contributed by atoms with E-state index in [4.69, 9.17) is 0 Å². The predicted octanol–water partition coefficient (Wildman–Crippen LogP) is -1.34. The molecule has 0 saturated carbocycles. The summed E-state index contributed by atoms with van der Waals surface area (Å²) in [5, 5.41) is 23.5. The van der Waals surface area contributed by atoms with Crippen LogP contribution < -0.4 is 15.1 Å². The van der Waals surface area contributed by atoms with E-state index >= 15 is 0 Å². The van der Waals surface area contributed by atoms with E-state index in [0.717, 1.165) is 12.1 Å². The van der Waals surface area contributed by atoms with Gasteiger partial charge in [-0.3, -0.25) is 10.1 Å². The second-order valence-corrected chi connectivity index (χ2v) is 5.15. The van der Waals surface area contributed by atoms with Gasteiger partial charge in [-0.05, 0) is 12.1 Å². The summed E-state index contributed by atoms with van der Waals surface area (Å²) in [6.45, 7) is -0.913. The minimum absolute atomic E-state index is 0.142. The number of carboxylic acids is 1. The maximum absolute atomic E-state index is 11.7. The van der Waals surface area contributed by atoms with Crippen molar-refractivity contribution in [3.05, 3.63) is 28.3 Å². The van der Waals surface area contributed by atoms with E-state index in [9.17, 15) is 28.4 Å². The Balaban J connectivity index is 3.18. The molecule has 0 bridgehead atoms. The van der Waals surface area contributed by atoms with Crippen LogP contribution in [0.25, 0.3) is 0 Å². The molecule has 0 saturated heterocycles. The zero-order chi connectivity index (χ0) is 14.6. The average molecular weight is 288 g/mol. The molecular weight excluding hydrogens is 278 g/mol. The van der Waals surface area contributed by atoms with Gasteiger partial charge in [0.25, 0.3) is 5.69 Å². The summed E-state index contributed by atoms with van der Waals surface area (Å²) in [6.07, 6.45) is 0. The number of carboxylic acid groups (broad SMARTS) is 1. The molecule has 1 aromatic carbocycles. The first-order chi connectivity index (χ1) is 8.77. The first-order valence-corrected chi connectivity index (χ1v) is 6.42. The van der Waals surface area contributed by atoms with Crippen molar-refractivity contribution >= 4 is 27.4 Å². The van der Waals surface area contributed by atoms with Crippen molar-refractivity contribution in [2.75, 3.05) is 18.9 Å². The van der Waals surface area contributed by atoms with E-state index in [1.807, 2.05) is 0 Å². The average Bonchev–Trinajstić information content (AvgIpc) is 2.35. The first-order valence-electron chi connectivity index (χ1n) is 4.93. The topological polar surface area (TPSA) is 141 Å². The van der Waals surface area contributed by atoms with E-state index in [1.165, 1.54) is 13.1 Å². The lowest BCUT2D eigenvalue weighted by molar-refractivity contribution is -0.384. The molecule has 0 spiro atoms. The summed E-state index contributed by atoms with van der Waals surface area (Å²) >= 11 is 0. The standard InChI is InChI=1S/C9H11N3O6S/c1-10-7-3-2-6(4-8(7)12(15)16)19(17,18)11-5-9(13)14/h2-4,10-11H,5H2,1H3,(H,13,14)/p-1. The Morgan fingerprint density at radius 2 is 2.05 bits per heavy atom. The van der Waals surface area contributed by atoms with Crippen molar-refractivity contribution in [2.45, 2.75) is 4.90 Å². The van der Waals surface area contributed by atoms with Gasteiger partial charge in [0.15, 0.2) is 0 Å². The number of rotatable bonds is 6. The number of aliphatic carboxylic acids is 1. The van der Waals surface area contributed by atoms with Crippen LogP contribution in [-0.2, 0) is 14.8 Å². The van der Waals surface area contributed by atoms with E-state index in [2.05, 4.69) is 5.32 Å². The molecular formula is C9H10N3O6S-. The third-order valence-electron chi connectivity index (χ3n) is 2.15. The number of nitrogens with one attached hydrogen (secondary N) is 2. The van der Waals surface area contributed by atoms with Gasteiger partial charge in [0.1, 0.15) is 5.69 Å². The fourth-order valence-corrected chi connectivity index (χ4v) is 2.27. The van der Waals surface area contributed by atoms with Gasteiger partial charge in [-0.2, -0.15) is 0 Å². The van der Waals surface area contributed by atoms with Crippen LogP contribution in [0.2, 0.25) is 0 Å². The van der Waals surface area contributed by atoms with Crippen LogP contribution in [0.3, 0.4) is 0 Å². The predicted molar refractivity (Wildman–Crippen MR) is 62.8 cm³/mol. The lowest BCUT2D eigenvalue weighted by Gasteiger charge is -2.08. The maximum atomic E-state index is 11.7. The smallest absolute Gasteiger partial charge is 0.293 e. The third kappa shape index (κ3) is 3.63. The fourth-order valence-electron chi connectivity index (χ4n) is 1.28. The van der Waals surface area contributed by atoms with Crippen molar-refractivity contribution in [3.8, 4) is 0 Å². The zero-order valence-corrected chi connectivity index (χ0v) is 10.6. The Bertz CT molecular complexity index is 612. The molecule has 10 heteroatoms. The van der Waals surface area contributed by atoms with Crippen molar-refractivity contribution < 1.29 is 23.2 Å². The van der Waals surface area contributed by atoms with Crippen LogP contribution in [0.1, 0.15) is 0 Å². The molecule has 0 atom stereocenters. The molecule has 1 aromatic rings. The van der Waals surface area contributed by atoms with Gasteiger partial charge in [-0.1, -0.05) is 0 Å². The number of carbonyl (C=O) groups is 1. The highest BCUT2D eigenvalue weighted by Crippen LogP contribution is 2.26. The van der Waals surface area contributed by atoms with E-state index in [1.54, 1.807) is 4.72 Å². The molecule has 0 aliphatic rings. The monoisotopic (exact) mass is 288 g/mol. The minimum atomic E-state index is -4.14. The first kappa shape index (κ1) is 14.9. The van der Waals surface area contributed by atoms with Crippen LogP contribution in [0, 0.1) is 10.1 Å². The Kier molecular flexibility index (Phi) is 4.40. The molecule has 0 heterocycles. The minimum Gasteiger partial charge on any atom is -0.549 e. The van der Waals surface area contributed by atoms with Crippen LogP contribution in [-0.4, -0.2) is 32.9 Å². The van der Waals surface area contributed by atoms with Gasteiger partial charge < -0.3 is 15.2 Å². The molecule has 1 rings (SSSR count). The van der Waals surface area contributed by atoms with Gasteiger partial charge in [0, 0.05) is 13.1 Å².